The Morgan fingerprint density at radius 1 is 1.00 bits per heavy atom. The average Bonchev–Trinajstić information content (AvgIpc) is 2.65. The quantitative estimate of drug-likeness (QED) is 0.733. The van der Waals surface area contributed by atoms with E-state index in [9.17, 15) is 4.79 Å². The van der Waals surface area contributed by atoms with E-state index >= 15 is 0 Å². The van der Waals surface area contributed by atoms with Gasteiger partial charge in [0.1, 0.15) is 12.4 Å². The number of carbonyl (C=O) groups is 1. The Kier molecular flexibility index (Phi) is 4.73. The summed E-state index contributed by atoms with van der Waals surface area (Å²) in [5.41, 5.74) is 1.06. The minimum Gasteiger partial charge on any atom is -0.492 e. The van der Waals surface area contributed by atoms with Crippen LogP contribution in [0.5, 0.6) is 5.75 Å². The molecule has 3 rings (SSSR count). The molecule has 0 radical (unpaired) electrons. The number of hydrogen-bond donors (Lipinski definition) is 1. The molecule has 0 aromatic heterocycles. The monoisotopic (exact) mass is 316 g/mol. The second-order valence-corrected chi connectivity index (χ2v) is 5.30. The molecule has 0 spiro atoms. The molecule has 0 unspecified atom stereocenters. The van der Waals surface area contributed by atoms with Gasteiger partial charge in [-0.2, -0.15) is 5.26 Å². The lowest BCUT2D eigenvalue weighted by molar-refractivity contribution is 0.0947. The first-order chi connectivity index (χ1) is 11.8. The van der Waals surface area contributed by atoms with Gasteiger partial charge in [-0.1, -0.05) is 30.3 Å². The predicted molar refractivity (Wildman–Crippen MR) is 92.9 cm³/mol. The summed E-state index contributed by atoms with van der Waals surface area (Å²) in [6, 6.07) is 22.5. The molecule has 0 heterocycles. The van der Waals surface area contributed by atoms with E-state index in [0.717, 1.165) is 11.1 Å². The van der Waals surface area contributed by atoms with E-state index in [-0.39, 0.29) is 5.91 Å². The zero-order valence-electron chi connectivity index (χ0n) is 13.0. The number of carbonyl (C=O) groups excluding carboxylic acids is 1. The lowest BCUT2D eigenvalue weighted by atomic mass is 10.1. The third-order valence-corrected chi connectivity index (χ3v) is 3.65. The summed E-state index contributed by atoms with van der Waals surface area (Å²) in [5.74, 6) is 0.600. The fourth-order valence-electron chi connectivity index (χ4n) is 2.39. The number of amides is 1. The Hall–Kier alpha value is -3.32. The lowest BCUT2D eigenvalue weighted by Crippen LogP contribution is -2.28. The van der Waals surface area contributed by atoms with E-state index in [1.807, 2.05) is 42.5 Å². The van der Waals surface area contributed by atoms with Gasteiger partial charge in [0.05, 0.1) is 18.2 Å². The van der Waals surface area contributed by atoms with Crippen LogP contribution in [0, 0.1) is 11.3 Å². The number of nitrogens with one attached hydrogen (secondary N) is 1. The molecule has 3 aromatic rings. The smallest absolute Gasteiger partial charge is 0.251 e. The minimum absolute atomic E-state index is 0.179. The largest absolute Gasteiger partial charge is 0.492 e. The van der Waals surface area contributed by atoms with Crippen molar-refractivity contribution in [1.82, 2.24) is 5.32 Å². The standard InChI is InChI=1S/C20H16N2O2/c21-14-15-5-7-17(8-6-15)20(23)22-11-12-24-19-10-9-16-3-1-2-4-18(16)13-19/h1-10,13H,11-12H2,(H,22,23). The van der Waals surface area contributed by atoms with Crippen LogP contribution in [0.1, 0.15) is 15.9 Å². The number of rotatable bonds is 5. The fraction of sp³-hybridized carbons (Fsp3) is 0.100. The van der Waals surface area contributed by atoms with Gasteiger partial charge in [0.25, 0.3) is 5.91 Å². The molecule has 1 amide bonds. The van der Waals surface area contributed by atoms with Gasteiger partial charge in [-0.25, -0.2) is 0 Å². The molecular formula is C20H16N2O2. The average molecular weight is 316 g/mol. The van der Waals surface area contributed by atoms with E-state index in [1.54, 1.807) is 24.3 Å². The highest BCUT2D eigenvalue weighted by atomic mass is 16.5. The van der Waals surface area contributed by atoms with Gasteiger partial charge in [-0.3, -0.25) is 4.79 Å². The second kappa shape index (κ2) is 7.30. The van der Waals surface area contributed by atoms with E-state index in [2.05, 4.69) is 11.4 Å². The fourth-order valence-corrected chi connectivity index (χ4v) is 2.39. The Bertz CT molecular complexity index is 895. The van der Waals surface area contributed by atoms with Crippen molar-refractivity contribution in [2.24, 2.45) is 0 Å². The zero-order valence-corrected chi connectivity index (χ0v) is 13.0. The van der Waals surface area contributed by atoms with Crippen molar-refractivity contribution in [3.63, 3.8) is 0 Å². The first-order valence-electron chi connectivity index (χ1n) is 7.66. The summed E-state index contributed by atoms with van der Waals surface area (Å²) in [6.07, 6.45) is 0. The molecule has 4 nitrogen and oxygen atoms in total. The van der Waals surface area contributed by atoms with Crippen LogP contribution in [0.2, 0.25) is 0 Å². The summed E-state index contributed by atoms with van der Waals surface area (Å²) >= 11 is 0. The Labute approximate surface area is 140 Å². The number of nitrogens with zero attached hydrogens (tertiary/aromatic N) is 1. The molecule has 0 saturated heterocycles. The van der Waals surface area contributed by atoms with Crippen molar-refractivity contribution >= 4 is 16.7 Å². The van der Waals surface area contributed by atoms with Crippen molar-refractivity contribution in [3.8, 4) is 11.8 Å². The van der Waals surface area contributed by atoms with Crippen LogP contribution in [-0.2, 0) is 0 Å². The second-order valence-electron chi connectivity index (χ2n) is 5.30. The van der Waals surface area contributed by atoms with E-state index in [1.165, 1.54) is 5.39 Å². The highest BCUT2D eigenvalue weighted by Crippen LogP contribution is 2.20. The van der Waals surface area contributed by atoms with Crippen LogP contribution >= 0.6 is 0 Å². The maximum Gasteiger partial charge on any atom is 0.251 e. The summed E-state index contributed by atoms with van der Waals surface area (Å²) in [6.45, 7) is 0.798. The van der Waals surface area contributed by atoms with Gasteiger partial charge < -0.3 is 10.1 Å². The molecule has 0 aliphatic carbocycles. The van der Waals surface area contributed by atoms with Crippen molar-refractivity contribution in [2.75, 3.05) is 13.2 Å². The molecule has 0 saturated carbocycles. The maximum absolute atomic E-state index is 12.0. The summed E-state index contributed by atoms with van der Waals surface area (Å²) in [7, 11) is 0. The Balaban J connectivity index is 1.50. The van der Waals surface area contributed by atoms with Crippen molar-refractivity contribution < 1.29 is 9.53 Å². The maximum atomic E-state index is 12.0. The van der Waals surface area contributed by atoms with E-state index < -0.39 is 0 Å². The third kappa shape index (κ3) is 3.71. The molecule has 4 heteroatoms. The molecule has 0 aliphatic rings. The van der Waals surface area contributed by atoms with Crippen molar-refractivity contribution in [2.45, 2.75) is 0 Å². The van der Waals surface area contributed by atoms with Gasteiger partial charge in [-0.05, 0) is 47.2 Å². The van der Waals surface area contributed by atoms with Gasteiger partial charge in [-0.15, -0.1) is 0 Å². The van der Waals surface area contributed by atoms with Gasteiger partial charge in [0.15, 0.2) is 0 Å². The molecule has 24 heavy (non-hydrogen) atoms. The first-order valence-corrected chi connectivity index (χ1v) is 7.66. The number of benzene rings is 3. The summed E-state index contributed by atoms with van der Waals surface area (Å²) in [5, 5.41) is 13.8. The summed E-state index contributed by atoms with van der Waals surface area (Å²) < 4.78 is 5.68. The molecule has 118 valence electrons. The molecule has 0 atom stereocenters. The van der Waals surface area contributed by atoms with Crippen LogP contribution in [0.25, 0.3) is 10.8 Å². The van der Waals surface area contributed by atoms with Crippen LogP contribution in [-0.4, -0.2) is 19.1 Å². The third-order valence-electron chi connectivity index (χ3n) is 3.65. The van der Waals surface area contributed by atoms with Crippen LogP contribution < -0.4 is 10.1 Å². The summed E-state index contributed by atoms with van der Waals surface area (Å²) in [4.78, 5) is 12.0. The molecule has 3 aromatic carbocycles. The molecule has 0 aliphatic heterocycles. The Morgan fingerprint density at radius 2 is 1.75 bits per heavy atom. The normalized spacial score (nSPS) is 10.1. The highest BCUT2D eigenvalue weighted by molar-refractivity contribution is 5.94. The van der Waals surface area contributed by atoms with E-state index in [0.29, 0.717) is 24.3 Å². The van der Waals surface area contributed by atoms with Crippen LogP contribution in [0.4, 0.5) is 0 Å². The van der Waals surface area contributed by atoms with Crippen molar-refractivity contribution in [1.29, 1.82) is 5.26 Å². The van der Waals surface area contributed by atoms with Crippen LogP contribution in [0.15, 0.2) is 66.7 Å². The Morgan fingerprint density at radius 3 is 2.50 bits per heavy atom. The lowest BCUT2D eigenvalue weighted by Gasteiger charge is -2.09. The van der Waals surface area contributed by atoms with Gasteiger partial charge in [0, 0.05) is 5.56 Å². The van der Waals surface area contributed by atoms with E-state index in [4.69, 9.17) is 10.00 Å². The predicted octanol–water partition coefficient (Wildman–Crippen LogP) is 3.52. The SMILES string of the molecule is N#Cc1ccc(C(=O)NCCOc2ccc3ccccc3c2)cc1. The number of nitriles is 1. The van der Waals surface area contributed by atoms with Crippen LogP contribution in [0.3, 0.4) is 0 Å². The number of fused-ring (bicyclic) bond motifs is 1. The topological polar surface area (TPSA) is 62.1 Å². The number of ether oxygens (including phenoxy) is 1. The molecular weight excluding hydrogens is 300 g/mol. The molecule has 0 fully saturated rings. The van der Waals surface area contributed by atoms with Gasteiger partial charge >= 0.3 is 0 Å². The number of hydrogen-bond acceptors (Lipinski definition) is 3. The molecule has 1 N–H and O–H groups in total. The minimum atomic E-state index is -0.179. The zero-order chi connectivity index (χ0) is 16.8. The van der Waals surface area contributed by atoms with Crippen molar-refractivity contribution in [3.05, 3.63) is 77.9 Å². The van der Waals surface area contributed by atoms with Gasteiger partial charge in [0.2, 0.25) is 0 Å². The highest BCUT2D eigenvalue weighted by Gasteiger charge is 2.04. The molecule has 0 bridgehead atoms. The first kappa shape index (κ1) is 15.6.